The molecule has 0 heterocycles. The Labute approximate surface area is 108 Å². The van der Waals surface area contributed by atoms with E-state index in [9.17, 15) is 0 Å². The van der Waals surface area contributed by atoms with Gasteiger partial charge in [0.2, 0.25) is 0 Å². The van der Waals surface area contributed by atoms with E-state index in [1.165, 1.54) is 25.7 Å². The summed E-state index contributed by atoms with van der Waals surface area (Å²) in [6.07, 6.45) is 19.3. The first kappa shape index (κ1) is 12.1. The number of hydrogen-bond acceptors (Lipinski definition) is 0. The van der Waals surface area contributed by atoms with Crippen molar-refractivity contribution < 1.29 is 19.2 Å². The third kappa shape index (κ3) is 3.09. The van der Waals surface area contributed by atoms with Crippen molar-refractivity contribution in [3.8, 4) is 0 Å². The third-order valence-electron chi connectivity index (χ3n) is 3.15. The Bertz CT molecular complexity index is 371. The van der Waals surface area contributed by atoms with Gasteiger partial charge in [-0.05, 0) is 0 Å². The van der Waals surface area contributed by atoms with Crippen molar-refractivity contribution in [3.63, 3.8) is 0 Å². The SMILES string of the molecule is CCCCC1=C[C](C)([Ti][C]2=CC=CC2)C=C1. The van der Waals surface area contributed by atoms with Crippen LogP contribution in [0.15, 0.2) is 45.9 Å². The molecule has 84 valence electrons. The topological polar surface area (TPSA) is 0 Å². The van der Waals surface area contributed by atoms with Crippen LogP contribution in [0, 0.1) is 0 Å². The third-order valence-corrected chi connectivity index (χ3v) is 5.56. The van der Waals surface area contributed by atoms with Crippen molar-refractivity contribution in [1.82, 2.24) is 0 Å². The molecule has 0 aliphatic heterocycles. The second-order valence-electron chi connectivity index (χ2n) is 4.89. The molecule has 16 heavy (non-hydrogen) atoms. The maximum absolute atomic E-state index is 2.53. The Morgan fingerprint density at radius 3 is 3.00 bits per heavy atom. The Kier molecular flexibility index (Phi) is 4.05. The Hall–Kier alpha value is -0.326. The van der Waals surface area contributed by atoms with Gasteiger partial charge in [0.25, 0.3) is 0 Å². The van der Waals surface area contributed by atoms with Crippen LogP contribution in [0.2, 0.25) is 3.72 Å². The van der Waals surface area contributed by atoms with Crippen molar-refractivity contribution in [2.45, 2.75) is 43.3 Å². The van der Waals surface area contributed by atoms with Crippen LogP contribution in [-0.4, -0.2) is 0 Å². The second kappa shape index (κ2) is 5.34. The molecule has 0 N–H and O–H groups in total. The Morgan fingerprint density at radius 2 is 2.31 bits per heavy atom. The van der Waals surface area contributed by atoms with Gasteiger partial charge >= 0.3 is 108 Å². The summed E-state index contributed by atoms with van der Waals surface area (Å²) in [7, 11) is 0. The molecule has 2 aliphatic carbocycles. The van der Waals surface area contributed by atoms with Crippen LogP contribution in [0.4, 0.5) is 0 Å². The molecule has 0 nitrogen and oxygen atoms in total. The fraction of sp³-hybridized carbons (Fsp3) is 0.467. The molecule has 0 aromatic carbocycles. The van der Waals surface area contributed by atoms with Gasteiger partial charge in [-0.2, -0.15) is 0 Å². The standard InChI is InChI=1S/C10H15.C5H5.Ti/c1-3-4-5-10-7-6-9(2)8-10;1-2-4-5-3-1;/h6-8H,3-5H2,1-2H3;1-3H,4H2;. The molecule has 0 bridgehead atoms. The van der Waals surface area contributed by atoms with Crippen LogP contribution in [-0.2, 0) is 19.2 Å². The normalized spacial score (nSPS) is 27.1. The van der Waals surface area contributed by atoms with Gasteiger partial charge in [-0.15, -0.1) is 0 Å². The van der Waals surface area contributed by atoms with E-state index in [2.05, 4.69) is 50.3 Å². The van der Waals surface area contributed by atoms with Crippen molar-refractivity contribution in [2.75, 3.05) is 0 Å². The van der Waals surface area contributed by atoms with E-state index in [4.69, 9.17) is 0 Å². The molecule has 0 fully saturated rings. The summed E-state index contributed by atoms with van der Waals surface area (Å²) in [4.78, 5) is 0. The number of allylic oxidation sites excluding steroid dienone is 8. The minimum absolute atomic E-state index is 0.0181. The maximum atomic E-state index is 2.53. The second-order valence-corrected chi connectivity index (χ2v) is 7.96. The molecule has 2 rings (SSSR count). The van der Waals surface area contributed by atoms with E-state index in [0.717, 1.165) is 0 Å². The summed E-state index contributed by atoms with van der Waals surface area (Å²) < 4.78 is 2.10. The van der Waals surface area contributed by atoms with Gasteiger partial charge in [-0.25, -0.2) is 0 Å². The van der Waals surface area contributed by atoms with E-state index < -0.39 is 0 Å². The van der Waals surface area contributed by atoms with E-state index in [1.54, 1.807) is 9.45 Å². The van der Waals surface area contributed by atoms with Gasteiger partial charge in [0.15, 0.2) is 0 Å². The molecule has 1 unspecified atom stereocenters. The number of rotatable bonds is 5. The first-order valence-corrected chi connectivity index (χ1v) is 7.83. The van der Waals surface area contributed by atoms with E-state index in [-0.39, 0.29) is 19.2 Å². The van der Waals surface area contributed by atoms with Gasteiger partial charge in [-0.1, -0.05) is 0 Å². The molecule has 2 aliphatic rings. The van der Waals surface area contributed by atoms with Crippen LogP contribution in [0.25, 0.3) is 0 Å². The molecule has 1 atom stereocenters. The van der Waals surface area contributed by atoms with Crippen LogP contribution >= 0.6 is 0 Å². The molecule has 0 spiro atoms. The summed E-state index contributed by atoms with van der Waals surface area (Å²) in [6.45, 7) is 4.67. The predicted octanol–water partition coefficient (Wildman–Crippen LogP) is 4.78. The monoisotopic (exact) mass is 248 g/mol. The van der Waals surface area contributed by atoms with Crippen molar-refractivity contribution in [3.05, 3.63) is 45.9 Å². The first-order valence-electron chi connectivity index (χ1n) is 6.27. The summed E-state index contributed by atoms with van der Waals surface area (Å²) in [5.74, 6) is 0. The van der Waals surface area contributed by atoms with Gasteiger partial charge in [0, 0.05) is 0 Å². The summed E-state index contributed by atoms with van der Waals surface area (Å²) in [6, 6.07) is 0. The van der Waals surface area contributed by atoms with Gasteiger partial charge in [0.1, 0.15) is 0 Å². The predicted molar refractivity (Wildman–Crippen MR) is 67.0 cm³/mol. The Balaban J connectivity index is 1.94. The molecule has 0 amide bonds. The quantitative estimate of drug-likeness (QED) is 0.614. The molecule has 0 saturated heterocycles. The molecule has 1 heteroatoms. The molecule has 0 saturated carbocycles. The number of hydrogen-bond donors (Lipinski definition) is 0. The van der Waals surface area contributed by atoms with Crippen molar-refractivity contribution in [1.29, 1.82) is 0 Å². The van der Waals surface area contributed by atoms with Crippen molar-refractivity contribution >= 4 is 0 Å². The molecular formula is C15H20Ti. The zero-order valence-electron chi connectivity index (χ0n) is 10.3. The van der Waals surface area contributed by atoms with Crippen LogP contribution < -0.4 is 0 Å². The van der Waals surface area contributed by atoms with Crippen molar-refractivity contribution in [2.24, 2.45) is 0 Å². The summed E-state index contributed by atoms with van der Waals surface area (Å²) in [5, 5.41) is 0. The number of unbranched alkanes of at least 4 members (excludes halogenated alkanes) is 1. The average Bonchev–Trinajstić information content (AvgIpc) is 2.86. The minimum atomic E-state index is -0.0181. The fourth-order valence-corrected chi connectivity index (χ4v) is 4.63. The molecule has 0 radical (unpaired) electrons. The zero-order valence-corrected chi connectivity index (χ0v) is 11.9. The van der Waals surface area contributed by atoms with Crippen LogP contribution in [0.3, 0.4) is 0 Å². The zero-order chi connectivity index (χ0) is 11.4. The van der Waals surface area contributed by atoms with E-state index in [1.807, 2.05) is 0 Å². The van der Waals surface area contributed by atoms with E-state index >= 15 is 0 Å². The van der Waals surface area contributed by atoms with Gasteiger partial charge < -0.3 is 0 Å². The van der Waals surface area contributed by atoms with E-state index in [0.29, 0.717) is 3.72 Å². The molecule has 0 aromatic heterocycles. The average molecular weight is 248 g/mol. The Morgan fingerprint density at radius 1 is 1.44 bits per heavy atom. The molecular weight excluding hydrogens is 228 g/mol. The van der Waals surface area contributed by atoms with Crippen LogP contribution in [0.5, 0.6) is 0 Å². The first-order chi connectivity index (χ1) is 7.72. The molecule has 0 aromatic rings. The van der Waals surface area contributed by atoms with Crippen LogP contribution in [0.1, 0.15) is 39.5 Å². The summed E-state index contributed by atoms with van der Waals surface area (Å²) in [5.41, 5.74) is 1.57. The van der Waals surface area contributed by atoms with Gasteiger partial charge in [-0.3, -0.25) is 0 Å². The summed E-state index contributed by atoms with van der Waals surface area (Å²) >= 11 is -0.0181. The van der Waals surface area contributed by atoms with Gasteiger partial charge in [0.05, 0.1) is 0 Å². The fourth-order valence-electron chi connectivity index (χ4n) is 2.26.